The standard InChI is InChI=1S/C11H9ClN2O2S3/c1-14(7-9-2-4-10(12)17-9)19(15,16)11-5-3-8(6-13)18-11/h2-5H,7H2,1H3. The summed E-state index contributed by atoms with van der Waals surface area (Å²) < 4.78 is 26.6. The number of hydrogen-bond donors (Lipinski definition) is 0. The van der Waals surface area contributed by atoms with E-state index in [2.05, 4.69) is 0 Å². The van der Waals surface area contributed by atoms with Crippen molar-refractivity contribution in [1.29, 1.82) is 5.26 Å². The minimum Gasteiger partial charge on any atom is -0.206 e. The summed E-state index contributed by atoms with van der Waals surface area (Å²) in [5.74, 6) is 0. The Balaban J connectivity index is 2.22. The zero-order chi connectivity index (χ0) is 14.0. The molecule has 4 nitrogen and oxygen atoms in total. The molecular weight excluding hydrogens is 324 g/mol. The van der Waals surface area contributed by atoms with Gasteiger partial charge in [0.2, 0.25) is 0 Å². The van der Waals surface area contributed by atoms with Crippen molar-refractivity contribution in [3.05, 3.63) is 38.4 Å². The Kier molecular flexibility index (Phi) is 4.28. The van der Waals surface area contributed by atoms with E-state index in [9.17, 15) is 8.42 Å². The molecular formula is C11H9ClN2O2S3. The second-order valence-electron chi connectivity index (χ2n) is 3.70. The zero-order valence-corrected chi connectivity index (χ0v) is 13.0. The maximum Gasteiger partial charge on any atom is 0.252 e. The maximum absolute atomic E-state index is 12.3. The number of nitriles is 1. The second-order valence-corrected chi connectivity index (χ2v) is 8.85. The molecule has 2 aromatic rings. The molecule has 0 saturated carbocycles. The van der Waals surface area contributed by atoms with Gasteiger partial charge in [-0.3, -0.25) is 0 Å². The Morgan fingerprint density at radius 1 is 1.32 bits per heavy atom. The number of nitrogens with zero attached hydrogens (tertiary/aromatic N) is 2. The third-order valence-corrected chi connectivity index (χ3v) is 6.84. The van der Waals surface area contributed by atoms with Crippen molar-refractivity contribution in [2.75, 3.05) is 7.05 Å². The number of sulfonamides is 1. The lowest BCUT2D eigenvalue weighted by Crippen LogP contribution is -2.25. The average molecular weight is 333 g/mol. The highest BCUT2D eigenvalue weighted by atomic mass is 35.5. The van der Waals surface area contributed by atoms with Crippen LogP contribution in [0, 0.1) is 11.3 Å². The van der Waals surface area contributed by atoms with Crippen LogP contribution in [-0.2, 0) is 16.6 Å². The van der Waals surface area contributed by atoms with Crippen LogP contribution in [0.4, 0.5) is 0 Å². The van der Waals surface area contributed by atoms with Crippen molar-refractivity contribution in [2.24, 2.45) is 0 Å². The first-order valence-corrected chi connectivity index (χ1v) is 8.59. The van der Waals surface area contributed by atoms with Gasteiger partial charge in [-0.1, -0.05) is 11.6 Å². The van der Waals surface area contributed by atoms with E-state index < -0.39 is 10.0 Å². The first-order chi connectivity index (χ1) is 8.93. The molecule has 0 atom stereocenters. The highest BCUT2D eigenvalue weighted by molar-refractivity contribution is 7.91. The molecule has 0 aliphatic carbocycles. The molecule has 8 heteroatoms. The largest absolute Gasteiger partial charge is 0.252 e. The lowest BCUT2D eigenvalue weighted by atomic mass is 10.5. The predicted octanol–water partition coefficient (Wildman–Crippen LogP) is 3.16. The van der Waals surface area contributed by atoms with E-state index in [-0.39, 0.29) is 10.8 Å². The molecule has 0 fully saturated rings. The third-order valence-electron chi connectivity index (χ3n) is 2.36. The molecule has 0 aliphatic rings. The van der Waals surface area contributed by atoms with Gasteiger partial charge in [-0.15, -0.1) is 22.7 Å². The fraction of sp³-hybridized carbons (Fsp3) is 0.182. The van der Waals surface area contributed by atoms with Crippen molar-refractivity contribution in [3.8, 4) is 6.07 Å². The molecule has 0 aliphatic heterocycles. The van der Waals surface area contributed by atoms with Gasteiger partial charge in [0, 0.05) is 18.5 Å². The van der Waals surface area contributed by atoms with Crippen molar-refractivity contribution in [2.45, 2.75) is 10.8 Å². The summed E-state index contributed by atoms with van der Waals surface area (Å²) >= 11 is 8.13. The summed E-state index contributed by atoms with van der Waals surface area (Å²) in [6.07, 6.45) is 0. The lowest BCUT2D eigenvalue weighted by molar-refractivity contribution is 0.471. The fourth-order valence-electron chi connectivity index (χ4n) is 1.41. The molecule has 2 rings (SSSR count). The Bertz CT molecular complexity index is 727. The molecule has 0 unspecified atom stereocenters. The van der Waals surface area contributed by atoms with E-state index in [0.717, 1.165) is 16.2 Å². The van der Waals surface area contributed by atoms with Gasteiger partial charge in [0.1, 0.15) is 15.2 Å². The Morgan fingerprint density at radius 2 is 2.05 bits per heavy atom. The molecule has 0 saturated heterocycles. The summed E-state index contributed by atoms with van der Waals surface area (Å²) in [4.78, 5) is 1.25. The quantitative estimate of drug-likeness (QED) is 0.864. The fourth-order valence-corrected chi connectivity index (χ4v) is 5.10. The lowest BCUT2D eigenvalue weighted by Gasteiger charge is -2.14. The van der Waals surface area contributed by atoms with Crippen molar-refractivity contribution < 1.29 is 8.42 Å². The zero-order valence-electron chi connectivity index (χ0n) is 9.83. The van der Waals surface area contributed by atoms with Crippen molar-refractivity contribution in [1.82, 2.24) is 4.31 Å². The van der Waals surface area contributed by atoms with E-state index in [1.165, 1.54) is 34.8 Å². The number of thiophene rings is 2. The minimum atomic E-state index is -3.55. The Morgan fingerprint density at radius 3 is 2.58 bits per heavy atom. The monoisotopic (exact) mass is 332 g/mol. The summed E-state index contributed by atoms with van der Waals surface area (Å²) in [6.45, 7) is 0.263. The first kappa shape index (κ1) is 14.5. The van der Waals surface area contributed by atoms with Crippen LogP contribution in [0.1, 0.15) is 9.75 Å². The summed E-state index contributed by atoms with van der Waals surface area (Å²) in [6, 6.07) is 8.43. The van der Waals surface area contributed by atoms with Gasteiger partial charge in [0.15, 0.2) is 0 Å². The second kappa shape index (κ2) is 5.61. The van der Waals surface area contributed by atoms with Crippen LogP contribution in [-0.4, -0.2) is 19.8 Å². The molecule has 0 amide bonds. The molecule has 100 valence electrons. The topological polar surface area (TPSA) is 61.2 Å². The highest BCUT2D eigenvalue weighted by Gasteiger charge is 2.23. The van der Waals surface area contributed by atoms with Crippen LogP contribution in [0.25, 0.3) is 0 Å². The first-order valence-electron chi connectivity index (χ1n) is 5.14. The summed E-state index contributed by atoms with van der Waals surface area (Å²) in [7, 11) is -2.04. The van der Waals surface area contributed by atoms with E-state index in [1.807, 2.05) is 6.07 Å². The predicted molar refractivity (Wildman–Crippen MR) is 77.0 cm³/mol. The van der Waals surface area contributed by atoms with Gasteiger partial charge in [0.05, 0.1) is 4.34 Å². The molecule has 0 N–H and O–H groups in total. The number of hydrogen-bond acceptors (Lipinski definition) is 5. The van der Waals surface area contributed by atoms with Crippen molar-refractivity contribution >= 4 is 44.3 Å². The summed E-state index contributed by atoms with van der Waals surface area (Å²) in [5.41, 5.74) is 0. The van der Waals surface area contributed by atoms with Crippen LogP contribution in [0.5, 0.6) is 0 Å². The van der Waals surface area contributed by atoms with Gasteiger partial charge in [0.25, 0.3) is 10.0 Å². The highest BCUT2D eigenvalue weighted by Crippen LogP contribution is 2.27. The van der Waals surface area contributed by atoms with Crippen LogP contribution in [0.2, 0.25) is 4.34 Å². The van der Waals surface area contributed by atoms with Gasteiger partial charge in [-0.05, 0) is 24.3 Å². The molecule has 0 bridgehead atoms. The van der Waals surface area contributed by atoms with E-state index in [4.69, 9.17) is 16.9 Å². The molecule has 0 radical (unpaired) electrons. The van der Waals surface area contributed by atoms with E-state index in [1.54, 1.807) is 12.1 Å². The molecule has 0 spiro atoms. The van der Waals surface area contributed by atoms with Crippen LogP contribution < -0.4 is 0 Å². The minimum absolute atomic E-state index is 0.175. The number of rotatable bonds is 4. The van der Waals surface area contributed by atoms with Crippen LogP contribution in [0.15, 0.2) is 28.5 Å². The average Bonchev–Trinajstić information content (AvgIpc) is 2.98. The summed E-state index contributed by atoms with van der Waals surface area (Å²) in [5, 5.41) is 8.73. The van der Waals surface area contributed by atoms with Gasteiger partial charge in [-0.2, -0.15) is 9.57 Å². The normalized spacial score (nSPS) is 11.7. The smallest absolute Gasteiger partial charge is 0.206 e. The molecule has 2 aromatic heterocycles. The molecule has 0 aromatic carbocycles. The maximum atomic E-state index is 12.3. The van der Waals surface area contributed by atoms with Gasteiger partial charge < -0.3 is 0 Å². The molecule has 2 heterocycles. The van der Waals surface area contributed by atoms with Crippen LogP contribution >= 0.6 is 34.3 Å². The van der Waals surface area contributed by atoms with Gasteiger partial charge in [-0.25, -0.2) is 8.42 Å². The SMILES string of the molecule is CN(Cc1ccc(Cl)s1)S(=O)(=O)c1ccc(C#N)s1. The number of halogens is 1. The Hall–Kier alpha value is -0.910. The third kappa shape index (κ3) is 3.16. The van der Waals surface area contributed by atoms with Crippen LogP contribution in [0.3, 0.4) is 0 Å². The van der Waals surface area contributed by atoms with Crippen molar-refractivity contribution in [3.63, 3.8) is 0 Å². The van der Waals surface area contributed by atoms with E-state index >= 15 is 0 Å². The van der Waals surface area contributed by atoms with Gasteiger partial charge >= 0.3 is 0 Å². The Labute approximate surface area is 124 Å². The molecule has 19 heavy (non-hydrogen) atoms. The van der Waals surface area contributed by atoms with E-state index in [0.29, 0.717) is 9.21 Å².